The molecule has 0 spiro atoms. The summed E-state index contributed by atoms with van der Waals surface area (Å²) in [6, 6.07) is 7.18. The monoisotopic (exact) mass is 387 g/mol. The van der Waals surface area contributed by atoms with E-state index in [2.05, 4.69) is 24.1 Å². The highest BCUT2D eigenvalue weighted by Crippen LogP contribution is 2.40. The lowest BCUT2D eigenvalue weighted by Crippen LogP contribution is -2.33. The van der Waals surface area contributed by atoms with E-state index in [9.17, 15) is 4.79 Å². The number of benzene rings is 1. The van der Waals surface area contributed by atoms with Gasteiger partial charge in [0.05, 0.1) is 21.3 Å². The van der Waals surface area contributed by atoms with Gasteiger partial charge in [0.1, 0.15) is 5.69 Å². The summed E-state index contributed by atoms with van der Waals surface area (Å²) in [5.41, 5.74) is 1.91. The van der Waals surface area contributed by atoms with Gasteiger partial charge in [-0.15, -0.1) is 0 Å². The maximum absolute atomic E-state index is 12.8. The van der Waals surface area contributed by atoms with Gasteiger partial charge in [-0.2, -0.15) is 0 Å². The largest absolute Gasteiger partial charge is 0.493 e. The van der Waals surface area contributed by atoms with E-state index in [4.69, 9.17) is 14.2 Å². The number of rotatable bonds is 10. The van der Waals surface area contributed by atoms with Gasteiger partial charge in [0.2, 0.25) is 5.75 Å². The molecule has 1 amide bonds. The van der Waals surface area contributed by atoms with Crippen molar-refractivity contribution in [1.29, 1.82) is 0 Å². The van der Waals surface area contributed by atoms with Crippen LogP contribution in [-0.4, -0.2) is 50.2 Å². The molecule has 152 valence electrons. The Bertz CT molecular complexity index is 764. The van der Waals surface area contributed by atoms with Crippen molar-refractivity contribution in [2.45, 2.75) is 26.7 Å². The first-order chi connectivity index (χ1) is 13.6. The lowest BCUT2D eigenvalue weighted by atomic mass is 10.2. The summed E-state index contributed by atoms with van der Waals surface area (Å²) >= 11 is 0. The third-order valence-electron chi connectivity index (χ3n) is 4.21. The Morgan fingerprint density at radius 3 is 2.07 bits per heavy atom. The number of hydrogen-bond donors (Lipinski definition) is 1. The van der Waals surface area contributed by atoms with Gasteiger partial charge < -0.3 is 24.4 Å². The highest BCUT2D eigenvalue weighted by atomic mass is 16.5. The third-order valence-corrected chi connectivity index (χ3v) is 4.21. The van der Waals surface area contributed by atoms with E-state index in [-0.39, 0.29) is 5.91 Å². The number of nitrogens with zero attached hydrogens (tertiary/aromatic N) is 2. The first-order valence-corrected chi connectivity index (χ1v) is 9.40. The standard InChI is InChI=1S/C21H29N3O4/c1-6-10-24(11-7-2)21(25)17-12-15(8-9-22-17)23-16-13-18(26-3)20(28-5)19(14-16)27-4/h8-9,12-14H,6-7,10-11H2,1-5H3,(H,22,23). The average molecular weight is 387 g/mol. The zero-order chi connectivity index (χ0) is 20.5. The molecule has 0 aliphatic carbocycles. The molecule has 28 heavy (non-hydrogen) atoms. The third kappa shape index (κ3) is 5.06. The van der Waals surface area contributed by atoms with Gasteiger partial charge in [-0.05, 0) is 25.0 Å². The predicted molar refractivity (Wildman–Crippen MR) is 110 cm³/mol. The number of hydrogen-bond acceptors (Lipinski definition) is 6. The molecule has 0 aliphatic heterocycles. The molecule has 7 nitrogen and oxygen atoms in total. The lowest BCUT2D eigenvalue weighted by molar-refractivity contribution is 0.0749. The summed E-state index contributed by atoms with van der Waals surface area (Å²) in [6.07, 6.45) is 3.45. The van der Waals surface area contributed by atoms with E-state index in [0.717, 1.165) is 37.3 Å². The topological polar surface area (TPSA) is 72.9 Å². The minimum atomic E-state index is -0.0581. The zero-order valence-corrected chi connectivity index (χ0v) is 17.2. The molecule has 0 radical (unpaired) electrons. The van der Waals surface area contributed by atoms with Crippen LogP contribution in [0.3, 0.4) is 0 Å². The van der Waals surface area contributed by atoms with E-state index < -0.39 is 0 Å². The second-order valence-corrected chi connectivity index (χ2v) is 6.26. The number of carbonyl (C=O) groups is 1. The molecule has 0 bridgehead atoms. The summed E-state index contributed by atoms with van der Waals surface area (Å²) < 4.78 is 16.1. The van der Waals surface area contributed by atoms with Crippen molar-refractivity contribution in [3.8, 4) is 17.2 Å². The molecule has 0 saturated carbocycles. The Morgan fingerprint density at radius 1 is 0.964 bits per heavy atom. The van der Waals surface area contributed by atoms with Gasteiger partial charge in [-0.25, -0.2) is 0 Å². The van der Waals surface area contributed by atoms with Crippen LogP contribution in [0.1, 0.15) is 37.2 Å². The molecule has 0 saturated heterocycles. The Labute approximate surface area is 166 Å². The number of anilines is 2. The highest BCUT2D eigenvalue weighted by Gasteiger charge is 2.17. The SMILES string of the molecule is CCCN(CCC)C(=O)c1cc(Nc2cc(OC)c(OC)c(OC)c2)ccn1. The quantitative estimate of drug-likeness (QED) is 0.661. The van der Waals surface area contributed by atoms with Crippen molar-refractivity contribution < 1.29 is 19.0 Å². The Morgan fingerprint density at radius 2 is 1.57 bits per heavy atom. The van der Waals surface area contributed by atoms with Crippen molar-refractivity contribution in [2.24, 2.45) is 0 Å². The van der Waals surface area contributed by atoms with Gasteiger partial charge in [-0.3, -0.25) is 9.78 Å². The first kappa shape index (κ1) is 21.3. The number of amides is 1. The van der Waals surface area contributed by atoms with Gasteiger partial charge in [0.15, 0.2) is 11.5 Å². The van der Waals surface area contributed by atoms with E-state index in [1.165, 1.54) is 0 Å². The molecule has 1 N–H and O–H groups in total. The van der Waals surface area contributed by atoms with Crippen LogP contribution in [0.25, 0.3) is 0 Å². The number of pyridine rings is 1. The first-order valence-electron chi connectivity index (χ1n) is 9.40. The predicted octanol–water partition coefficient (Wildman–Crippen LogP) is 4.11. The maximum Gasteiger partial charge on any atom is 0.272 e. The molecular formula is C21H29N3O4. The highest BCUT2D eigenvalue weighted by molar-refractivity contribution is 5.93. The molecule has 0 unspecified atom stereocenters. The second-order valence-electron chi connectivity index (χ2n) is 6.26. The van der Waals surface area contributed by atoms with Crippen LogP contribution in [0.2, 0.25) is 0 Å². The van der Waals surface area contributed by atoms with Crippen molar-refractivity contribution in [3.05, 3.63) is 36.2 Å². The summed E-state index contributed by atoms with van der Waals surface area (Å²) in [5.74, 6) is 1.56. The van der Waals surface area contributed by atoms with Crippen LogP contribution in [0.15, 0.2) is 30.5 Å². The summed E-state index contributed by atoms with van der Waals surface area (Å²) in [6.45, 7) is 5.56. The summed E-state index contributed by atoms with van der Waals surface area (Å²) in [4.78, 5) is 18.9. The normalized spacial score (nSPS) is 10.3. The van der Waals surface area contributed by atoms with Crippen LogP contribution in [0.5, 0.6) is 17.2 Å². The Balaban J connectivity index is 2.28. The van der Waals surface area contributed by atoms with Gasteiger partial charge in [0.25, 0.3) is 5.91 Å². The molecule has 0 fully saturated rings. The minimum absolute atomic E-state index is 0.0581. The Kier molecular flexibility index (Phi) is 7.92. The number of aromatic nitrogens is 1. The molecular weight excluding hydrogens is 358 g/mol. The fraction of sp³-hybridized carbons (Fsp3) is 0.429. The smallest absolute Gasteiger partial charge is 0.272 e. The average Bonchev–Trinajstić information content (AvgIpc) is 2.72. The fourth-order valence-corrected chi connectivity index (χ4v) is 2.96. The van der Waals surface area contributed by atoms with Crippen molar-refractivity contribution >= 4 is 17.3 Å². The van der Waals surface area contributed by atoms with Crippen molar-refractivity contribution in [1.82, 2.24) is 9.88 Å². The zero-order valence-electron chi connectivity index (χ0n) is 17.2. The number of carbonyl (C=O) groups excluding carboxylic acids is 1. The van der Waals surface area contributed by atoms with Crippen LogP contribution >= 0.6 is 0 Å². The molecule has 1 aromatic carbocycles. The van der Waals surface area contributed by atoms with E-state index >= 15 is 0 Å². The lowest BCUT2D eigenvalue weighted by Gasteiger charge is -2.21. The van der Waals surface area contributed by atoms with Crippen LogP contribution in [0, 0.1) is 0 Å². The molecule has 1 heterocycles. The molecule has 0 aliphatic rings. The van der Waals surface area contributed by atoms with Crippen LogP contribution < -0.4 is 19.5 Å². The van der Waals surface area contributed by atoms with E-state index in [1.54, 1.807) is 33.6 Å². The Hall–Kier alpha value is -2.96. The van der Waals surface area contributed by atoms with Crippen molar-refractivity contribution in [2.75, 3.05) is 39.7 Å². The summed E-state index contributed by atoms with van der Waals surface area (Å²) in [7, 11) is 4.70. The molecule has 0 atom stereocenters. The van der Waals surface area contributed by atoms with E-state index in [1.807, 2.05) is 23.1 Å². The number of nitrogens with one attached hydrogen (secondary N) is 1. The number of ether oxygens (including phenoxy) is 3. The number of methoxy groups -OCH3 is 3. The van der Waals surface area contributed by atoms with Gasteiger partial charge in [-0.1, -0.05) is 13.8 Å². The molecule has 2 rings (SSSR count). The van der Waals surface area contributed by atoms with Gasteiger partial charge >= 0.3 is 0 Å². The maximum atomic E-state index is 12.8. The van der Waals surface area contributed by atoms with Crippen LogP contribution in [0.4, 0.5) is 11.4 Å². The van der Waals surface area contributed by atoms with E-state index in [0.29, 0.717) is 22.9 Å². The molecule has 1 aromatic heterocycles. The molecule has 2 aromatic rings. The summed E-state index contributed by atoms with van der Waals surface area (Å²) in [5, 5.41) is 3.28. The second kappa shape index (κ2) is 10.4. The fourth-order valence-electron chi connectivity index (χ4n) is 2.96. The van der Waals surface area contributed by atoms with Crippen LogP contribution in [-0.2, 0) is 0 Å². The van der Waals surface area contributed by atoms with Crippen molar-refractivity contribution in [3.63, 3.8) is 0 Å². The minimum Gasteiger partial charge on any atom is -0.493 e. The van der Waals surface area contributed by atoms with Gasteiger partial charge in [0, 0.05) is 42.8 Å². The molecule has 7 heteroatoms.